The molecule has 0 aliphatic heterocycles. The van der Waals surface area contributed by atoms with Crippen LogP contribution in [0.1, 0.15) is 26.3 Å². The predicted octanol–water partition coefficient (Wildman–Crippen LogP) is 13.1. The summed E-state index contributed by atoms with van der Waals surface area (Å²) in [5, 5.41) is 2.40. The highest BCUT2D eigenvalue weighted by Gasteiger charge is 2.22. The van der Waals surface area contributed by atoms with Crippen molar-refractivity contribution in [1.82, 2.24) is 29.5 Å². The highest BCUT2D eigenvalue weighted by Crippen LogP contribution is 2.40. The molecule has 0 bridgehead atoms. The minimum Gasteiger partial charge on any atom is -0.309 e. The van der Waals surface area contributed by atoms with Gasteiger partial charge < -0.3 is 4.57 Å². The van der Waals surface area contributed by atoms with Crippen LogP contribution in [0.3, 0.4) is 0 Å². The number of fused-ring (bicyclic) bond motifs is 3. The molecular weight excluding hydrogens is 721 g/mol. The first kappa shape index (κ1) is 35.8. The number of benzene rings is 7. The summed E-state index contributed by atoms with van der Waals surface area (Å²) in [5.41, 5.74) is 11.7. The van der Waals surface area contributed by atoms with Crippen molar-refractivity contribution >= 4 is 21.8 Å². The zero-order valence-electron chi connectivity index (χ0n) is 33.1. The first-order valence-corrected chi connectivity index (χ1v) is 19.9. The fourth-order valence-electron chi connectivity index (χ4n) is 7.77. The van der Waals surface area contributed by atoms with Crippen LogP contribution in [0.15, 0.2) is 188 Å². The van der Waals surface area contributed by atoms with Crippen molar-refractivity contribution < 1.29 is 0 Å². The van der Waals surface area contributed by atoms with E-state index in [0.717, 1.165) is 61.5 Å². The summed E-state index contributed by atoms with van der Waals surface area (Å²) in [6.45, 7) is 6.80. The summed E-state index contributed by atoms with van der Waals surface area (Å²) in [6, 6.07) is 64.8. The van der Waals surface area contributed by atoms with Crippen molar-refractivity contribution in [2.24, 2.45) is 0 Å². The van der Waals surface area contributed by atoms with Crippen LogP contribution >= 0.6 is 0 Å². The summed E-state index contributed by atoms with van der Waals surface area (Å²) in [5.74, 6) is 2.44. The van der Waals surface area contributed by atoms with E-state index >= 15 is 0 Å². The highest BCUT2D eigenvalue weighted by molar-refractivity contribution is 6.10. The third-order valence-electron chi connectivity index (χ3n) is 10.8. The largest absolute Gasteiger partial charge is 0.309 e. The number of hydrogen-bond acceptors (Lipinski definition) is 5. The quantitative estimate of drug-likeness (QED) is 0.162. The van der Waals surface area contributed by atoms with Crippen molar-refractivity contribution in [2.45, 2.75) is 26.2 Å². The van der Waals surface area contributed by atoms with Gasteiger partial charge in [0, 0.05) is 44.2 Å². The lowest BCUT2D eigenvalue weighted by Crippen LogP contribution is -2.10. The van der Waals surface area contributed by atoms with Crippen LogP contribution in [0.4, 0.5) is 0 Å². The van der Waals surface area contributed by atoms with Crippen LogP contribution in [0, 0.1) is 0 Å². The van der Waals surface area contributed by atoms with Gasteiger partial charge in [-0.1, -0.05) is 166 Å². The summed E-state index contributed by atoms with van der Waals surface area (Å²) >= 11 is 0. The minimum atomic E-state index is -0.00537. The number of aromatic nitrogens is 6. The molecule has 0 saturated heterocycles. The Hall–Kier alpha value is -7.57. The fraction of sp³-hybridized carbons (Fsp3) is 0.0755. The first-order valence-electron chi connectivity index (χ1n) is 19.9. The van der Waals surface area contributed by atoms with Gasteiger partial charge in [-0.3, -0.25) is 0 Å². The molecule has 0 fully saturated rings. The van der Waals surface area contributed by atoms with E-state index in [2.05, 4.69) is 116 Å². The number of nitrogens with zero attached hydrogens (tertiary/aromatic N) is 6. The number of rotatable bonds is 7. The van der Waals surface area contributed by atoms with Gasteiger partial charge in [-0.05, 0) is 53.4 Å². The molecule has 0 atom stereocenters. The Morgan fingerprint density at radius 1 is 0.356 bits per heavy atom. The summed E-state index contributed by atoms with van der Waals surface area (Å²) in [4.78, 5) is 25.7. The van der Waals surface area contributed by atoms with Crippen LogP contribution in [-0.2, 0) is 5.41 Å². The van der Waals surface area contributed by atoms with Crippen molar-refractivity contribution in [2.75, 3.05) is 0 Å². The number of para-hydroxylation sites is 1. The van der Waals surface area contributed by atoms with Crippen molar-refractivity contribution in [3.05, 3.63) is 194 Å². The molecule has 59 heavy (non-hydrogen) atoms. The maximum Gasteiger partial charge on any atom is 0.164 e. The molecule has 6 nitrogen and oxygen atoms in total. The third kappa shape index (κ3) is 6.85. The van der Waals surface area contributed by atoms with Gasteiger partial charge in [0.15, 0.2) is 23.3 Å². The van der Waals surface area contributed by atoms with Crippen molar-refractivity contribution in [3.63, 3.8) is 0 Å². The first-order chi connectivity index (χ1) is 28.9. The minimum absolute atomic E-state index is 0.00537. The van der Waals surface area contributed by atoms with Crippen molar-refractivity contribution in [1.29, 1.82) is 0 Å². The third-order valence-corrected chi connectivity index (χ3v) is 10.8. The van der Waals surface area contributed by atoms with E-state index < -0.39 is 0 Å². The Morgan fingerprint density at radius 3 is 1.41 bits per heavy atom. The second-order valence-electron chi connectivity index (χ2n) is 15.8. The molecule has 0 unspecified atom stereocenters. The van der Waals surface area contributed by atoms with Crippen LogP contribution in [0.2, 0.25) is 0 Å². The molecule has 6 heteroatoms. The van der Waals surface area contributed by atoms with E-state index in [4.69, 9.17) is 24.9 Å². The normalized spacial score (nSPS) is 11.6. The molecule has 0 N–H and O–H groups in total. The van der Waals surface area contributed by atoms with Gasteiger partial charge in [0.05, 0.1) is 28.1 Å². The van der Waals surface area contributed by atoms with Gasteiger partial charge in [-0.15, -0.1) is 0 Å². The molecule has 10 rings (SSSR count). The van der Waals surface area contributed by atoms with Gasteiger partial charge in [0.1, 0.15) is 0 Å². The predicted molar refractivity (Wildman–Crippen MR) is 241 cm³/mol. The van der Waals surface area contributed by atoms with Crippen molar-refractivity contribution in [3.8, 4) is 73.8 Å². The molecule has 7 aromatic carbocycles. The van der Waals surface area contributed by atoms with Gasteiger partial charge in [0.2, 0.25) is 0 Å². The van der Waals surface area contributed by atoms with E-state index in [1.807, 2.05) is 97.1 Å². The maximum absolute atomic E-state index is 5.36. The average molecular weight is 761 g/mol. The molecule has 10 aromatic rings. The van der Waals surface area contributed by atoms with Crippen LogP contribution in [0.5, 0.6) is 0 Å². The number of hydrogen-bond donors (Lipinski definition) is 0. The zero-order valence-corrected chi connectivity index (χ0v) is 33.1. The van der Waals surface area contributed by atoms with Gasteiger partial charge in [-0.2, -0.15) is 0 Å². The summed E-state index contributed by atoms with van der Waals surface area (Å²) in [7, 11) is 0. The Kier molecular flexibility index (Phi) is 8.95. The SMILES string of the molecule is CC(C)(C)c1ccc2c(c1)c1ccccc1n2-c1ccc(-c2nc(-c3ccccc3)nc(-c3ccccc3)n2)cc1-c1cc(-c2ccccc2)nc(-c2ccccc2)n1. The monoisotopic (exact) mass is 760 g/mol. The molecule has 282 valence electrons. The zero-order chi connectivity index (χ0) is 39.9. The molecule has 0 aliphatic carbocycles. The summed E-state index contributed by atoms with van der Waals surface area (Å²) in [6.07, 6.45) is 0. The van der Waals surface area contributed by atoms with Crippen LogP contribution in [-0.4, -0.2) is 29.5 Å². The fourth-order valence-corrected chi connectivity index (χ4v) is 7.77. The maximum atomic E-state index is 5.36. The summed E-state index contributed by atoms with van der Waals surface area (Å²) < 4.78 is 2.38. The second kappa shape index (κ2) is 14.7. The van der Waals surface area contributed by atoms with Gasteiger partial charge >= 0.3 is 0 Å². The van der Waals surface area contributed by atoms with Gasteiger partial charge in [0.25, 0.3) is 0 Å². The molecular formula is C53H40N6. The lowest BCUT2D eigenvalue weighted by molar-refractivity contribution is 0.591. The topological polar surface area (TPSA) is 69.4 Å². The Balaban J connectivity index is 1.27. The lowest BCUT2D eigenvalue weighted by Gasteiger charge is -2.20. The molecule has 3 heterocycles. The van der Waals surface area contributed by atoms with E-state index in [9.17, 15) is 0 Å². The van der Waals surface area contributed by atoms with E-state index in [0.29, 0.717) is 23.3 Å². The molecule has 0 spiro atoms. The molecule has 0 aliphatic rings. The highest BCUT2D eigenvalue weighted by atomic mass is 15.0. The standard InChI is InChI=1S/C53H40N6/c1-53(2,3)40-29-31-47-42(33-40)41-26-16-17-27-46(41)59(47)48-30-28-39(52-57-50(37-22-12-6-13-23-37)56-51(58-52)38-24-14-7-15-25-38)32-43(48)45-34-44(35-18-8-4-9-19-35)54-49(55-45)36-20-10-5-11-21-36/h4-34H,1-3H3. The van der Waals surface area contributed by atoms with E-state index in [-0.39, 0.29) is 5.41 Å². The Labute approximate surface area is 343 Å². The molecule has 3 aromatic heterocycles. The Bertz CT molecular complexity index is 3000. The molecule has 0 saturated carbocycles. The smallest absolute Gasteiger partial charge is 0.164 e. The lowest BCUT2D eigenvalue weighted by atomic mass is 9.86. The van der Waals surface area contributed by atoms with Gasteiger partial charge in [-0.25, -0.2) is 24.9 Å². The van der Waals surface area contributed by atoms with E-state index in [1.54, 1.807) is 0 Å². The van der Waals surface area contributed by atoms with E-state index in [1.165, 1.54) is 16.3 Å². The second-order valence-corrected chi connectivity index (χ2v) is 15.8. The van der Waals surface area contributed by atoms with Crippen LogP contribution < -0.4 is 0 Å². The Morgan fingerprint density at radius 2 is 0.831 bits per heavy atom. The molecule has 0 amide bonds. The molecule has 0 radical (unpaired) electrons. The average Bonchev–Trinajstić information content (AvgIpc) is 3.63. The van der Waals surface area contributed by atoms with Crippen LogP contribution in [0.25, 0.3) is 95.6 Å².